The van der Waals surface area contributed by atoms with Gasteiger partial charge in [0.05, 0.1) is 13.2 Å². The minimum atomic E-state index is -1.20. The van der Waals surface area contributed by atoms with Gasteiger partial charge in [0.2, 0.25) is 0 Å². The van der Waals surface area contributed by atoms with Crippen molar-refractivity contribution in [3.05, 3.63) is 71.8 Å². The van der Waals surface area contributed by atoms with Crippen molar-refractivity contribution in [1.29, 1.82) is 0 Å². The van der Waals surface area contributed by atoms with Gasteiger partial charge in [-0.05, 0) is 5.56 Å². The minimum Gasteiger partial charge on any atom is -0.387 e. The molecule has 0 bridgehead atoms. The Morgan fingerprint density at radius 1 is 0.885 bits per heavy atom. The summed E-state index contributed by atoms with van der Waals surface area (Å²) in [4.78, 5) is 0. The molecule has 6 atom stereocenters. The van der Waals surface area contributed by atoms with Gasteiger partial charge in [-0.2, -0.15) is 0 Å². The zero-order chi connectivity index (χ0) is 17.9. The largest absolute Gasteiger partial charge is 0.387 e. The summed E-state index contributed by atoms with van der Waals surface area (Å²) >= 11 is 0. The van der Waals surface area contributed by atoms with Gasteiger partial charge in [-0.3, -0.25) is 0 Å². The molecule has 2 aromatic rings. The molecule has 4 rings (SSSR count). The smallest absolute Gasteiger partial charge is 0.187 e. The monoisotopic (exact) mass is 358 g/mol. The molecule has 2 aromatic carbocycles. The Hall–Kier alpha value is -1.80. The molecule has 0 aliphatic carbocycles. The van der Waals surface area contributed by atoms with Crippen molar-refractivity contribution in [2.24, 2.45) is 0 Å². The third kappa shape index (κ3) is 3.66. The highest BCUT2D eigenvalue weighted by atomic mass is 16.8. The van der Waals surface area contributed by atoms with Gasteiger partial charge in [-0.15, -0.1) is 0 Å². The maximum Gasteiger partial charge on any atom is 0.187 e. The average molecular weight is 358 g/mol. The number of aliphatic hydroxyl groups is 2. The Morgan fingerprint density at radius 2 is 1.58 bits per heavy atom. The van der Waals surface area contributed by atoms with E-state index in [-0.39, 0.29) is 13.2 Å². The van der Waals surface area contributed by atoms with E-state index in [1.165, 1.54) is 0 Å². The van der Waals surface area contributed by atoms with E-state index < -0.39 is 37.0 Å². The van der Waals surface area contributed by atoms with Crippen LogP contribution in [0.15, 0.2) is 60.7 Å². The molecule has 0 amide bonds. The first-order valence-electron chi connectivity index (χ1n) is 8.71. The van der Waals surface area contributed by atoms with Crippen LogP contribution in [-0.4, -0.2) is 47.5 Å². The second kappa shape index (κ2) is 7.84. The van der Waals surface area contributed by atoms with E-state index in [2.05, 4.69) is 0 Å². The molecule has 2 fully saturated rings. The fraction of sp³-hybridized carbons (Fsp3) is 0.400. The number of hydrogen-bond acceptors (Lipinski definition) is 6. The predicted molar refractivity (Wildman–Crippen MR) is 91.9 cm³/mol. The summed E-state index contributed by atoms with van der Waals surface area (Å²) in [5.41, 5.74) is 1.82. The molecular weight excluding hydrogens is 336 g/mol. The second-order valence-corrected chi connectivity index (χ2v) is 6.50. The lowest BCUT2D eigenvalue weighted by Crippen LogP contribution is -2.62. The maximum absolute atomic E-state index is 10.5. The van der Waals surface area contributed by atoms with Crippen LogP contribution in [0, 0.1) is 0 Å². The van der Waals surface area contributed by atoms with Crippen LogP contribution in [0.4, 0.5) is 0 Å². The molecule has 2 aliphatic heterocycles. The summed E-state index contributed by atoms with van der Waals surface area (Å²) in [5.74, 6) is 0. The standard InChI is InChI=1S/C20H22O6/c21-16-17(22)20(23-11-13-7-3-1-4-8-13)25-15-12-24-19(26-18(15)16)14-9-5-2-6-10-14/h1-10,15-22H,11-12H2/t15-,16-,17-,18+,19+,20-/m1/s1. The van der Waals surface area contributed by atoms with E-state index in [0.29, 0.717) is 0 Å². The first kappa shape index (κ1) is 17.6. The van der Waals surface area contributed by atoms with Crippen LogP contribution < -0.4 is 0 Å². The van der Waals surface area contributed by atoms with Crippen molar-refractivity contribution < 1.29 is 29.2 Å². The first-order chi connectivity index (χ1) is 12.7. The van der Waals surface area contributed by atoms with E-state index in [9.17, 15) is 10.2 Å². The number of aliphatic hydroxyl groups excluding tert-OH is 2. The summed E-state index contributed by atoms with van der Waals surface area (Å²) in [6.45, 7) is 0.528. The molecule has 2 saturated heterocycles. The van der Waals surface area contributed by atoms with Crippen LogP contribution in [0.2, 0.25) is 0 Å². The maximum atomic E-state index is 10.5. The molecule has 0 unspecified atom stereocenters. The van der Waals surface area contributed by atoms with Crippen molar-refractivity contribution in [1.82, 2.24) is 0 Å². The van der Waals surface area contributed by atoms with Crippen LogP contribution in [-0.2, 0) is 25.6 Å². The number of hydrogen-bond donors (Lipinski definition) is 2. The highest BCUT2D eigenvalue weighted by Crippen LogP contribution is 2.34. The molecule has 138 valence electrons. The lowest BCUT2D eigenvalue weighted by Gasteiger charge is -2.46. The van der Waals surface area contributed by atoms with Crippen molar-refractivity contribution in [3.8, 4) is 0 Å². The van der Waals surface area contributed by atoms with Crippen molar-refractivity contribution in [2.45, 2.75) is 43.6 Å². The normalized spacial score (nSPS) is 34.2. The summed E-state index contributed by atoms with van der Waals surface area (Å²) in [6.07, 6.45) is -5.04. The van der Waals surface area contributed by atoms with Crippen LogP contribution in [0.1, 0.15) is 17.4 Å². The van der Waals surface area contributed by atoms with E-state index in [4.69, 9.17) is 18.9 Å². The fourth-order valence-electron chi connectivity index (χ4n) is 3.25. The highest BCUT2D eigenvalue weighted by Gasteiger charge is 2.49. The SMILES string of the molecule is O[C@@H]1[C@@H](O)[C@H](OCc2ccccc2)O[C@@H]2CO[C@H](c3ccccc3)O[C@H]12. The van der Waals surface area contributed by atoms with Gasteiger partial charge >= 0.3 is 0 Å². The lowest BCUT2D eigenvalue weighted by molar-refractivity contribution is -0.362. The van der Waals surface area contributed by atoms with Gasteiger partial charge in [0.25, 0.3) is 0 Å². The van der Waals surface area contributed by atoms with Gasteiger partial charge < -0.3 is 29.2 Å². The third-order valence-electron chi connectivity index (χ3n) is 4.66. The Labute approximate surface area is 151 Å². The summed E-state index contributed by atoms with van der Waals surface area (Å²) in [5, 5.41) is 20.9. The second-order valence-electron chi connectivity index (χ2n) is 6.50. The van der Waals surface area contributed by atoms with Crippen molar-refractivity contribution in [2.75, 3.05) is 6.61 Å². The van der Waals surface area contributed by atoms with Crippen molar-refractivity contribution >= 4 is 0 Å². The first-order valence-corrected chi connectivity index (χ1v) is 8.71. The molecule has 0 aromatic heterocycles. The molecule has 26 heavy (non-hydrogen) atoms. The number of rotatable bonds is 4. The van der Waals surface area contributed by atoms with Gasteiger partial charge in [0, 0.05) is 5.56 Å². The molecule has 0 radical (unpaired) electrons. The predicted octanol–water partition coefficient (Wildman–Crippen LogP) is 1.76. The molecule has 0 spiro atoms. The number of fused-ring (bicyclic) bond motifs is 1. The van der Waals surface area contributed by atoms with E-state index >= 15 is 0 Å². The Bertz CT molecular complexity index is 692. The van der Waals surface area contributed by atoms with Crippen LogP contribution in [0.5, 0.6) is 0 Å². The van der Waals surface area contributed by atoms with Crippen LogP contribution in [0.25, 0.3) is 0 Å². The molecule has 6 heteroatoms. The third-order valence-corrected chi connectivity index (χ3v) is 4.66. The van der Waals surface area contributed by atoms with Gasteiger partial charge in [-0.1, -0.05) is 60.7 Å². The average Bonchev–Trinajstić information content (AvgIpc) is 2.71. The van der Waals surface area contributed by atoms with E-state index in [1.807, 2.05) is 60.7 Å². The Kier molecular flexibility index (Phi) is 5.31. The summed E-state index contributed by atoms with van der Waals surface area (Å²) < 4.78 is 23.1. The van der Waals surface area contributed by atoms with Gasteiger partial charge in [0.1, 0.15) is 24.4 Å². The molecule has 6 nitrogen and oxygen atoms in total. The molecular formula is C20H22O6. The fourth-order valence-corrected chi connectivity index (χ4v) is 3.25. The van der Waals surface area contributed by atoms with Gasteiger partial charge in [0.15, 0.2) is 12.6 Å². The molecule has 2 N–H and O–H groups in total. The molecule has 2 heterocycles. The zero-order valence-electron chi connectivity index (χ0n) is 14.2. The molecule has 2 aliphatic rings. The number of ether oxygens (including phenoxy) is 4. The van der Waals surface area contributed by atoms with Crippen molar-refractivity contribution in [3.63, 3.8) is 0 Å². The molecule has 0 saturated carbocycles. The van der Waals surface area contributed by atoms with Crippen LogP contribution in [0.3, 0.4) is 0 Å². The zero-order valence-corrected chi connectivity index (χ0v) is 14.2. The Balaban J connectivity index is 1.40. The summed E-state index contributed by atoms with van der Waals surface area (Å²) in [6, 6.07) is 19.1. The summed E-state index contributed by atoms with van der Waals surface area (Å²) in [7, 11) is 0. The minimum absolute atomic E-state index is 0.249. The topological polar surface area (TPSA) is 77.4 Å². The van der Waals surface area contributed by atoms with E-state index in [1.54, 1.807) is 0 Å². The highest BCUT2D eigenvalue weighted by molar-refractivity contribution is 5.17. The van der Waals surface area contributed by atoms with Crippen LogP contribution >= 0.6 is 0 Å². The lowest BCUT2D eigenvalue weighted by atomic mass is 9.98. The Morgan fingerprint density at radius 3 is 2.31 bits per heavy atom. The van der Waals surface area contributed by atoms with Gasteiger partial charge in [-0.25, -0.2) is 0 Å². The van der Waals surface area contributed by atoms with E-state index in [0.717, 1.165) is 11.1 Å². The quantitative estimate of drug-likeness (QED) is 0.867. The number of benzene rings is 2.